The van der Waals surface area contributed by atoms with E-state index in [1.165, 1.54) is 11.8 Å². The van der Waals surface area contributed by atoms with Gasteiger partial charge in [-0.3, -0.25) is 9.59 Å². The predicted octanol–water partition coefficient (Wildman–Crippen LogP) is 3.94. The fraction of sp³-hybridized carbons (Fsp3) is 0.640. The largest absolute Gasteiger partial charge is 0.417 e. The van der Waals surface area contributed by atoms with Crippen LogP contribution in [0.25, 0.3) is 0 Å². The number of piperazine rings is 1. The van der Waals surface area contributed by atoms with E-state index in [9.17, 15) is 45.8 Å². The molecule has 216 valence electrons. The van der Waals surface area contributed by atoms with Gasteiger partial charge in [0.15, 0.2) is 0 Å². The zero-order valence-corrected chi connectivity index (χ0v) is 21.2. The highest BCUT2D eigenvalue weighted by atomic mass is 19.4. The summed E-state index contributed by atoms with van der Waals surface area (Å²) in [4.78, 5) is 42.3. The fourth-order valence-corrected chi connectivity index (χ4v) is 5.30. The first kappa shape index (κ1) is 29.0. The van der Waals surface area contributed by atoms with Crippen molar-refractivity contribution in [1.82, 2.24) is 14.7 Å². The molecule has 1 spiro atoms. The lowest BCUT2D eigenvalue weighted by molar-refractivity contribution is -0.162. The van der Waals surface area contributed by atoms with Crippen LogP contribution in [-0.4, -0.2) is 82.5 Å². The molecule has 3 fully saturated rings. The summed E-state index contributed by atoms with van der Waals surface area (Å²) >= 11 is 0. The molecule has 3 aliphatic rings. The van der Waals surface area contributed by atoms with E-state index in [0.29, 0.717) is 19.5 Å². The Hall–Kier alpha value is -3.03. The fourth-order valence-electron chi connectivity index (χ4n) is 5.30. The minimum absolute atomic E-state index is 0.0154. The SMILES string of the molecule is CC1C(=O)N(CCCC(=O)N2CCC3(CC3)C(O)C2)CCN1C(=O)Nc1ccc(C(F)(F)F)c(C(F)(F)F)c1. The topological polar surface area (TPSA) is 93.2 Å². The Morgan fingerprint density at radius 2 is 1.69 bits per heavy atom. The monoisotopic (exact) mass is 564 g/mol. The third-order valence-corrected chi connectivity index (χ3v) is 7.93. The lowest BCUT2D eigenvalue weighted by Crippen LogP contribution is -2.58. The number of urea groups is 1. The van der Waals surface area contributed by atoms with Crippen LogP contribution in [0, 0.1) is 5.41 Å². The van der Waals surface area contributed by atoms with Crippen molar-refractivity contribution in [1.29, 1.82) is 0 Å². The number of β-amino-alcohol motifs (C(OH)–C–C–N with tert-alkyl or cyclic N) is 1. The molecule has 2 heterocycles. The molecule has 1 aromatic carbocycles. The molecule has 2 saturated heterocycles. The van der Waals surface area contributed by atoms with E-state index in [1.54, 1.807) is 4.90 Å². The zero-order chi connectivity index (χ0) is 28.8. The number of halogens is 6. The molecule has 1 aliphatic carbocycles. The zero-order valence-electron chi connectivity index (χ0n) is 21.2. The van der Waals surface area contributed by atoms with E-state index in [2.05, 4.69) is 5.32 Å². The van der Waals surface area contributed by atoms with Gasteiger partial charge < -0.3 is 25.1 Å². The van der Waals surface area contributed by atoms with Gasteiger partial charge >= 0.3 is 18.4 Å². The number of benzene rings is 1. The van der Waals surface area contributed by atoms with Gasteiger partial charge in [-0.15, -0.1) is 0 Å². The number of piperidine rings is 1. The van der Waals surface area contributed by atoms with Crippen molar-refractivity contribution in [2.24, 2.45) is 5.41 Å². The van der Waals surface area contributed by atoms with Crippen molar-refractivity contribution in [3.63, 3.8) is 0 Å². The Kier molecular flexibility index (Phi) is 7.80. The molecule has 4 rings (SSSR count). The molecular weight excluding hydrogens is 534 g/mol. The van der Waals surface area contributed by atoms with Crippen LogP contribution >= 0.6 is 0 Å². The normalized spacial score (nSPS) is 23.3. The number of hydrogen-bond donors (Lipinski definition) is 2. The standard InChI is InChI=1S/C25H30F6N4O4/c1-15-21(38)33(9-2-3-20(37)34-10-8-23(6-7-23)19(36)14-34)11-12-35(15)22(39)32-16-4-5-17(24(26,27)28)18(13-16)25(29,30)31/h4-5,13,15,19,36H,2-3,6-12,14H2,1H3,(H,32,39). The van der Waals surface area contributed by atoms with Crippen LogP contribution in [0.2, 0.25) is 0 Å². The molecule has 0 bridgehead atoms. The maximum Gasteiger partial charge on any atom is 0.417 e. The molecule has 0 radical (unpaired) electrons. The van der Waals surface area contributed by atoms with Crippen LogP contribution in [0.3, 0.4) is 0 Å². The number of anilines is 1. The van der Waals surface area contributed by atoms with E-state index in [-0.39, 0.29) is 49.5 Å². The van der Waals surface area contributed by atoms with E-state index in [0.717, 1.165) is 30.2 Å². The van der Waals surface area contributed by atoms with Gasteiger partial charge in [0.1, 0.15) is 6.04 Å². The number of nitrogens with zero attached hydrogens (tertiary/aromatic N) is 3. The van der Waals surface area contributed by atoms with Crippen LogP contribution in [0.15, 0.2) is 18.2 Å². The molecular formula is C25H30F6N4O4. The molecule has 14 heteroatoms. The van der Waals surface area contributed by atoms with Gasteiger partial charge in [-0.05, 0) is 56.2 Å². The number of amides is 4. The van der Waals surface area contributed by atoms with Crippen molar-refractivity contribution in [3.8, 4) is 0 Å². The number of aliphatic hydroxyl groups excluding tert-OH is 1. The molecule has 39 heavy (non-hydrogen) atoms. The third-order valence-electron chi connectivity index (χ3n) is 7.93. The molecule has 4 amide bonds. The van der Waals surface area contributed by atoms with E-state index < -0.39 is 53.3 Å². The van der Waals surface area contributed by atoms with Gasteiger partial charge in [0.05, 0.1) is 17.2 Å². The Balaban J connectivity index is 1.29. The first-order valence-corrected chi connectivity index (χ1v) is 12.7. The minimum atomic E-state index is -5.30. The number of nitrogens with one attached hydrogen (secondary N) is 1. The molecule has 2 aliphatic heterocycles. The average molecular weight is 565 g/mol. The lowest BCUT2D eigenvalue weighted by atomic mass is 9.90. The van der Waals surface area contributed by atoms with Crippen molar-refractivity contribution in [2.75, 3.05) is 38.0 Å². The number of alkyl halides is 6. The number of carbonyl (C=O) groups is 3. The van der Waals surface area contributed by atoms with Crippen molar-refractivity contribution in [2.45, 2.75) is 63.5 Å². The second-order valence-electron chi connectivity index (χ2n) is 10.5. The number of carbonyl (C=O) groups excluding carboxylic acids is 3. The van der Waals surface area contributed by atoms with Crippen LogP contribution in [0.1, 0.15) is 50.2 Å². The highest BCUT2D eigenvalue weighted by Gasteiger charge is 2.51. The first-order chi connectivity index (χ1) is 18.1. The molecule has 2 unspecified atom stereocenters. The summed E-state index contributed by atoms with van der Waals surface area (Å²) in [5.74, 6) is -0.519. The summed E-state index contributed by atoms with van der Waals surface area (Å²) in [6.07, 6.45) is -7.72. The maximum absolute atomic E-state index is 13.2. The van der Waals surface area contributed by atoms with Gasteiger partial charge in [0.2, 0.25) is 11.8 Å². The smallest absolute Gasteiger partial charge is 0.391 e. The molecule has 8 nitrogen and oxygen atoms in total. The number of likely N-dealkylation sites (tertiary alicyclic amines) is 1. The van der Waals surface area contributed by atoms with Crippen LogP contribution in [0.5, 0.6) is 0 Å². The first-order valence-electron chi connectivity index (χ1n) is 12.7. The van der Waals surface area contributed by atoms with Crippen molar-refractivity contribution in [3.05, 3.63) is 29.3 Å². The van der Waals surface area contributed by atoms with Crippen LogP contribution in [0.4, 0.5) is 36.8 Å². The molecule has 2 atom stereocenters. The molecule has 2 N–H and O–H groups in total. The van der Waals surface area contributed by atoms with Crippen LogP contribution < -0.4 is 5.32 Å². The van der Waals surface area contributed by atoms with Crippen LogP contribution in [-0.2, 0) is 21.9 Å². The van der Waals surface area contributed by atoms with Gasteiger partial charge in [-0.2, -0.15) is 26.3 Å². The second-order valence-corrected chi connectivity index (χ2v) is 10.5. The van der Waals surface area contributed by atoms with Crippen molar-refractivity contribution < 1.29 is 45.8 Å². The Labute approximate surface area is 220 Å². The summed E-state index contributed by atoms with van der Waals surface area (Å²) in [5.41, 5.74) is -4.30. The Morgan fingerprint density at radius 3 is 2.28 bits per heavy atom. The van der Waals surface area contributed by atoms with Gasteiger partial charge in [0.25, 0.3) is 0 Å². The Bertz CT molecular complexity index is 1120. The highest BCUT2D eigenvalue weighted by Crippen LogP contribution is 2.53. The highest BCUT2D eigenvalue weighted by molar-refractivity contribution is 5.94. The van der Waals surface area contributed by atoms with E-state index in [4.69, 9.17) is 0 Å². The summed E-state index contributed by atoms with van der Waals surface area (Å²) in [5, 5.41) is 12.4. The molecule has 1 aromatic rings. The number of hydrogen-bond acceptors (Lipinski definition) is 4. The molecule has 1 saturated carbocycles. The molecule has 0 aromatic heterocycles. The lowest BCUT2D eigenvalue weighted by Gasteiger charge is -2.39. The summed E-state index contributed by atoms with van der Waals surface area (Å²) in [6.45, 7) is 2.78. The Morgan fingerprint density at radius 1 is 1.03 bits per heavy atom. The summed E-state index contributed by atoms with van der Waals surface area (Å²) < 4.78 is 78.6. The quantitative estimate of drug-likeness (QED) is 0.530. The summed E-state index contributed by atoms with van der Waals surface area (Å²) in [7, 11) is 0. The minimum Gasteiger partial charge on any atom is -0.391 e. The maximum atomic E-state index is 13.2. The van der Waals surface area contributed by atoms with Gasteiger partial charge in [-0.25, -0.2) is 4.79 Å². The van der Waals surface area contributed by atoms with Crippen molar-refractivity contribution >= 4 is 23.5 Å². The third kappa shape index (κ3) is 6.25. The predicted molar refractivity (Wildman–Crippen MR) is 126 cm³/mol. The second kappa shape index (κ2) is 10.5. The van der Waals surface area contributed by atoms with E-state index >= 15 is 0 Å². The van der Waals surface area contributed by atoms with Gasteiger partial charge in [0, 0.05) is 44.8 Å². The number of aliphatic hydroxyl groups is 1. The van der Waals surface area contributed by atoms with Gasteiger partial charge in [-0.1, -0.05) is 0 Å². The average Bonchev–Trinajstić information content (AvgIpc) is 3.63. The van der Waals surface area contributed by atoms with E-state index in [1.807, 2.05) is 0 Å². The number of rotatable bonds is 5. The summed E-state index contributed by atoms with van der Waals surface area (Å²) in [6, 6.07) is -0.706.